The molecule has 4 aromatic rings. The minimum Gasteiger partial charge on any atom is -0.508 e. The van der Waals surface area contributed by atoms with Crippen LogP contribution in [0.4, 0.5) is 5.69 Å². The third-order valence-electron chi connectivity index (χ3n) is 5.05. The molecule has 0 fully saturated rings. The molecule has 1 unspecified atom stereocenters. The topological polar surface area (TPSA) is 83.6 Å². The predicted molar refractivity (Wildman–Crippen MR) is 114 cm³/mol. The van der Waals surface area contributed by atoms with E-state index in [-0.39, 0.29) is 12.0 Å². The molecule has 3 N–H and O–H groups in total. The summed E-state index contributed by atoms with van der Waals surface area (Å²) in [4.78, 5) is 14.6. The number of rotatable bonds is 2. The Morgan fingerprint density at radius 3 is 2.59 bits per heavy atom. The number of aromatic amines is 1. The molecule has 0 saturated heterocycles. The minimum absolute atomic E-state index is 0.231. The Labute approximate surface area is 168 Å². The third-order valence-corrected chi connectivity index (χ3v) is 5.05. The summed E-state index contributed by atoms with van der Waals surface area (Å²) in [7, 11) is 3.02. The van der Waals surface area contributed by atoms with Crippen LogP contribution in [0.5, 0.6) is 11.5 Å². The number of para-hydroxylation sites is 1. The maximum Gasteiger partial charge on any atom is 0.328 e. The molecule has 0 spiro atoms. The van der Waals surface area contributed by atoms with Crippen LogP contribution in [0, 0.1) is 0 Å². The number of nitrogens with one attached hydrogen (secondary N) is 2. The van der Waals surface area contributed by atoms with Gasteiger partial charge in [-0.3, -0.25) is 0 Å². The number of aromatic hydroxyl groups is 1. The molecular formula is C23H22N2O4. The summed E-state index contributed by atoms with van der Waals surface area (Å²) in [5.74, 6) is 0.848. The number of carbonyl (C=O) groups excluding carboxylic acids is 1. The van der Waals surface area contributed by atoms with Crippen molar-refractivity contribution in [1.29, 1.82) is 0 Å². The Balaban J connectivity index is 0.000000141. The molecule has 29 heavy (non-hydrogen) atoms. The van der Waals surface area contributed by atoms with Gasteiger partial charge in [0.1, 0.15) is 17.5 Å². The van der Waals surface area contributed by atoms with E-state index in [9.17, 15) is 9.90 Å². The maximum atomic E-state index is 11.3. The van der Waals surface area contributed by atoms with Crippen molar-refractivity contribution in [2.45, 2.75) is 12.5 Å². The van der Waals surface area contributed by atoms with Gasteiger partial charge in [-0.2, -0.15) is 0 Å². The molecule has 1 aliphatic rings. The van der Waals surface area contributed by atoms with Gasteiger partial charge in [0, 0.05) is 40.5 Å². The van der Waals surface area contributed by atoms with Crippen LogP contribution in [-0.4, -0.2) is 36.3 Å². The summed E-state index contributed by atoms with van der Waals surface area (Å²) in [5.41, 5.74) is 4.15. The number of hydrogen-bond acceptors (Lipinski definition) is 5. The number of phenolic OH excluding ortho intramolecular Hbond substituents is 1. The Bertz CT molecular complexity index is 1180. The summed E-state index contributed by atoms with van der Waals surface area (Å²) < 4.78 is 9.79. The van der Waals surface area contributed by atoms with Crippen molar-refractivity contribution in [3.05, 3.63) is 66.2 Å². The van der Waals surface area contributed by atoms with E-state index in [2.05, 4.69) is 21.1 Å². The molecule has 0 aliphatic carbocycles. The molecule has 148 valence electrons. The van der Waals surface area contributed by atoms with E-state index < -0.39 is 0 Å². The van der Waals surface area contributed by atoms with Crippen molar-refractivity contribution in [1.82, 2.24) is 4.98 Å². The van der Waals surface area contributed by atoms with Crippen LogP contribution in [0.25, 0.3) is 21.8 Å². The van der Waals surface area contributed by atoms with Crippen LogP contribution in [0.2, 0.25) is 0 Å². The fourth-order valence-corrected chi connectivity index (χ4v) is 3.58. The first-order valence-electron chi connectivity index (χ1n) is 9.30. The Morgan fingerprint density at radius 2 is 1.79 bits per heavy atom. The molecular weight excluding hydrogens is 368 g/mol. The van der Waals surface area contributed by atoms with Crippen molar-refractivity contribution >= 4 is 33.5 Å². The van der Waals surface area contributed by atoms with E-state index in [1.165, 1.54) is 12.5 Å². The van der Waals surface area contributed by atoms with Gasteiger partial charge >= 0.3 is 5.97 Å². The zero-order valence-corrected chi connectivity index (χ0v) is 16.2. The molecule has 6 nitrogen and oxygen atoms in total. The van der Waals surface area contributed by atoms with Crippen molar-refractivity contribution in [2.75, 3.05) is 19.5 Å². The SMILES string of the molecule is COC(=O)C1Cc2ccc(OC)cc2N1.Oc1ccc2c(c1)[nH]c1ccccc12. The lowest BCUT2D eigenvalue weighted by Crippen LogP contribution is -2.27. The number of esters is 1. The molecule has 0 saturated carbocycles. The Morgan fingerprint density at radius 1 is 1.00 bits per heavy atom. The summed E-state index contributed by atoms with van der Waals surface area (Å²) >= 11 is 0. The largest absolute Gasteiger partial charge is 0.508 e. The van der Waals surface area contributed by atoms with Gasteiger partial charge in [0.05, 0.1) is 19.7 Å². The van der Waals surface area contributed by atoms with Crippen LogP contribution < -0.4 is 10.1 Å². The highest BCUT2D eigenvalue weighted by Crippen LogP contribution is 2.30. The van der Waals surface area contributed by atoms with E-state index in [1.54, 1.807) is 19.2 Å². The highest BCUT2D eigenvalue weighted by Gasteiger charge is 2.27. The second kappa shape index (κ2) is 7.75. The predicted octanol–water partition coefficient (Wildman–Crippen LogP) is 4.23. The molecule has 1 aliphatic heterocycles. The van der Waals surface area contributed by atoms with Gasteiger partial charge in [0.25, 0.3) is 0 Å². The average Bonchev–Trinajstić information content (AvgIpc) is 3.33. The second-order valence-corrected chi connectivity index (χ2v) is 6.85. The number of fused-ring (bicyclic) bond motifs is 4. The first-order valence-corrected chi connectivity index (χ1v) is 9.30. The Kier molecular flexibility index (Phi) is 4.99. The quantitative estimate of drug-likeness (QED) is 0.446. The lowest BCUT2D eigenvalue weighted by Gasteiger charge is -2.07. The smallest absolute Gasteiger partial charge is 0.328 e. The summed E-state index contributed by atoms with van der Waals surface area (Å²) in [5, 5.41) is 14.8. The van der Waals surface area contributed by atoms with Gasteiger partial charge < -0.3 is 24.9 Å². The highest BCUT2D eigenvalue weighted by atomic mass is 16.5. The summed E-state index contributed by atoms with van der Waals surface area (Å²) in [6, 6.07) is 19.0. The van der Waals surface area contributed by atoms with E-state index in [1.807, 2.05) is 42.5 Å². The highest BCUT2D eigenvalue weighted by molar-refractivity contribution is 6.07. The molecule has 3 aromatic carbocycles. The average molecular weight is 390 g/mol. The number of hydrogen-bond donors (Lipinski definition) is 3. The zero-order chi connectivity index (χ0) is 20.4. The fraction of sp³-hybridized carbons (Fsp3) is 0.174. The lowest BCUT2D eigenvalue weighted by atomic mass is 10.1. The number of H-pyrrole nitrogens is 1. The maximum absolute atomic E-state index is 11.3. The van der Waals surface area contributed by atoms with Gasteiger partial charge in [0.15, 0.2) is 0 Å². The molecule has 2 heterocycles. The molecule has 0 radical (unpaired) electrons. The summed E-state index contributed by atoms with van der Waals surface area (Å²) in [6.45, 7) is 0. The first-order chi connectivity index (χ1) is 14.1. The van der Waals surface area contributed by atoms with E-state index >= 15 is 0 Å². The van der Waals surface area contributed by atoms with Gasteiger partial charge in [-0.1, -0.05) is 24.3 Å². The molecule has 0 amide bonds. The molecule has 1 aromatic heterocycles. The molecule has 5 rings (SSSR count). The third kappa shape index (κ3) is 3.69. The first kappa shape index (κ1) is 18.7. The minimum atomic E-state index is -0.267. The van der Waals surface area contributed by atoms with Gasteiger partial charge in [0.2, 0.25) is 0 Å². The van der Waals surface area contributed by atoms with Crippen molar-refractivity contribution in [2.24, 2.45) is 0 Å². The zero-order valence-electron chi connectivity index (χ0n) is 16.2. The van der Waals surface area contributed by atoms with Gasteiger partial charge in [-0.05, 0) is 29.8 Å². The van der Waals surface area contributed by atoms with Crippen molar-refractivity contribution < 1.29 is 19.4 Å². The van der Waals surface area contributed by atoms with Crippen LogP contribution in [0.15, 0.2) is 60.7 Å². The number of methoxy groups -OCH3 is 2. The van der Waals surface area contributed by atoms with Crippen molar-refractivity contribution in [3.63, 3.8) is 0 Å². The van der Waals surface area contributed by atoms with E-state index in [0.29, 0.717) is 12.2 Å². The Hall–Kier alpha value is -3.67. The summed E-state index contributed by atoms with van der Waals surface area (Å²) in [6.07, 6.45) is 0.673. The number of ether oxygens (including phenoxy) is 2. The van der Waals surface area contributed by atoms with E-state index in [4.69, 9.17) is 4.74 Å². The fourth-order valence-electron chi connectivity index (χ4n) is 3.58. The second-order valence-electron chi connectivity index (χ2n) is 6.85. The standard InChI is InChI=1S/C12H9NO.C11H13NO3/c14-8-5-6-10-9-3-1-2-4-11(9)13-12(10)7-8;1-14-8-4-3-7-5-10(11(13)15-2)12-9(7)6-8/h1-7,13-14H;3-4,6,10,12H,5H2,1-2H3. The number of carbonyl (C=O) groups is 1. The number of phenols is 1. The monoisotopic (exact) mass is 390 g/mol. The number of benzene rings is 3. The molecule has 6 heteroatoms. The van der Waals surface area contributed by atoms with Gasteiger partial charge in [-0.15, -0.1) is 0 Å². The lowest BCUT2D eigenvalue weighted by molar-refractivity contribution is -0.141. The molecule has 1 atom stereocenters. The van der Waals surface area contributed by atoms with Crippen LogP contribution >= 0.6 is 0 Å². The van der Waals surface area contributed by atoms with Crippen LogP contribution in [0.3, 0.4) is 0 Å². The van der Waals surface area contributed by atoms with Crippen LogP contribution in [0.1, 0.15) is 5.56 Å². The normalized spacial score (nSPS) is 14.6. The van der Waals surface area contributed by atoms with Crippen molar-refractivity contribution in [3.8, 4) is 11.5 Å². The number of aromatic nitrogens is 1. The van der Waals surface area contributed by atoms with E-state index in [0.717, 1.165) is 33.4 Å². The van der Waals surface area contributed by atoms with Crippen LogP contribution in [-0.2, 0) is 16.0 Å². The number of anilines is 1. The molecule has 0 bridgehead atoms. The van der Waals surface area contributed by atoms with Gasteiger partial charge in [-0.25, -0.2) is 4.79 Å².